The molecule has 6 nitrogen and oxygen atoms in total. The number of amides is 1. The Morgan fingerprint density at radius 1 is 1.18 bits per heavy atom. The van der Waals surface area contributed by atoms with Gasteiger partial charge in [0.2, 0.25) is 0 Å². The number of nitrogens with two attached hydrogens (primary N) is 1. The number of likely N-dealkylation sites (tertiary alicyclic amines) is 1. The average molecular weight is 383 g/mol. The van der Waals surface area contributed by atoms with Crippen LogP contribution in [0, 0.1) is 5.92 Å². The highest BCUT2D eigenvalue weighted by Gasteiger charge is 2.30. The first kappa shape index (κ1) is 20.3. The van der Waals surface area contributed by atoms with E-state index in [1.54, 1.807) is 6.07 Å². The fraction of sp³-hybridized carbons (Fsp3) is 0.455. The van der Waals surface area contributed by atoms with Gasteiger partial charge in [-0.3, -0.25) is 10.2 Å². The van der Waals surface area contributed by atoms with Crippen molar-refractivity contribution in [3.8, 4) is 0 Å². The molecule has 0 aliphatic carbocycles. The molecule has 150 valence electrons. The maximum Gasteiger partial charge on any atom is 0.413 e. The molecular formula is C22H30N4O2. The van der Waals surface area contributed by atoms with E-state index < -0.39 is 11.7 Å². The molecule has 3 rings (SSSR count). The van der Waals surface area contributed by atoms with Crippen LogP contribution in [0.5, 0.6) is 0 Å². The standard InChI is InChI=1S/C22H30N4O2/c1-22(2,3)28-21(27)25-20-11-7-10-18(24-20)12-17-14-26(15-19(17)23)13-16-8-5-4-6-9-16/h4-11,17,19H,12-15,23H2,1-3H3,(H,24,25,27). The molecule has 0 spiro atoms. The lowest BCUT2D eigenvalue weighted by Crippen LogP contribution is -2.31. The van der Waals surface area contributed by atoms with E-state index in [1.807, 2.05) is 39.0 Å². The molecule has 1 aliphatic rings. The zero-order valence-corrected chi connectivity index (χ0v) is 16.9. The van der Waals surface area contributed by atoms with Crippen LogP contribution in [-0.4, -0.2) is 40.7 Å². The van der Waals surface area contributed by atoms with Crippen molar-refractivity contribution in [2.75, 3.05) is 18.4 Å². The first-order chi connectivity index (χ1) is 13.3. The van der Waals surface area contributed by atoms with Crippen molar-refractivity contribution in [2.45, 2.75) is 45.4 Å². The van der Waals surface area contributed by atoms with Gasteiger partial charge in [-0.25, -0.2) is 9.78 Å². The Hall–Kier alpha value is -2.44. The minimum absolute atomic E-state index is 0.119. The van der Waals surface area contributed by atoms with E-state index in [-0.39, 0.29) is 6.04 Å². The fourth-order valence-corrected chi connectivity index (χ4v) is 3.52. The van der Waals surface area contributed by atoms with Crippen LogP contribution < -0.4 is 11.1 Å². The minimum Gasteiger partial charge on any atom is -0.444 e. The summed E-state index contributed by atoms with van der Waals surface area (Å²) in [6, 6.07) is 16.2. The topological polar surface area (TPSA) is 80.5 Å². The Morgan fingerprint density at radius 3 is 2.64 bits per heavy atom. The van der Waals surface area contributed by atoms with Crippen molar-refractivity contribution in [1.29, 1.82) is 0 Å². The van der Waals surface area contributed by atoms with Gasteiger partial charge in [0.15, 0.2) is 0 Å². The third kappa shape index (κ3) is 6.04. The number of hydrogen-bond acceptors (Lipinski definition) is 5. The van der Waals surface area contributed by atoms with Crippen LogP contribution in [0.15, 0.2) is 48.5 Å². The number of rotatable bonds is 5. The highest BCUT2D eigenvalue weighted by atomic mass is 16.6. The van der Waals surface area contributed by atoms with Crippen LogP contribution in [0.4, 0.5) is 10.6 Å². The molecule has 1 aromatic heterocycles. The summed E-state index contributed by atoms with van der Waals surface area (Å²) in [6.07, 6.45) is 0.291. The second kappa shape index (κ2) is 8.71. The molecule has 6 heteroatoms. The SMILES string of the molecule is CC(C)(C)OC(=O)Nc1cccc(CC2CN(Cc3ccccc3)CC2N)n1. The lowest BCUT2D eigenvalue weighted by molar-refractivity contribution is 0.0635. The number of nitrogens with zero attached hydrogens (tertiary/aromatic N) is 2. The Kier molecular flexibility index (Phi) is 6.31. The second-order valence-electron chi connectivity index (χ2n) is 8.45. The smallest absolute Gasteiger partial charge is 0.413 e. The number of hydrogen-bond donors (Lipinski definition) is 2. The summed E-state index contributed by atoms with van der Waals surface area (Å²) in [5.41, 5.74) is 8.09. The molecule has 28 heavy (non-hydrogen) atoms. The normalized spacial score (nSPS) is 20.1. The van der Waals surface area contributed by atoms with E-state index in [9.17, 15) is 4.79 Å². The third-order valence-corrected chi connectivity index (χ3v) is 4.72. The van der Waals surface area contributed by atoms with Crippen molar-refractivity contribution in [1.82, 2.24) is 9.88 Å². The lowest BCUT2D eigenvalue weighted by Gasteiger charge is -2.19. The summed E-state index contributed by atoms with van der Waals surface area (Å²) in [4.78, 5) is 18.9. The van der Waals surface area contributed by atoms with E-state index in [4.69, 9.17) is 10.5 Å². The monoisotopic (exact) mass is 382 g/mol. The van der Waals surface area contributed by atoms with Gasteiger partial charge in [-0.1, -0.05) is 36.4 Å². The molecule has 2 aromatic rings. The largest absolute Gasteiger partial charge is 0.444 e. The number of anilines is 1. The van der Waals surface area contributed by atoms with Gasteiger partial charge >= 0.3 is 6.09 Å². The van der Waals surface area contributed by atoms with E-state index in [0.717, 1.165) is 31.7 Å². The quantitative estimate of drug-likeness (QED) is 0.828. The van der Waals surface area contributed by atoms with Gasteiger partial charge in [0.05, 0.1) is 0 Å². The van der Waals surface area contributed by atoms with Gasteiger partial charge in [0.25, 0.3) is 0 Å². The van der Waals surface area contributed by atoms with Crippen LogP contribution in [-0.2, 0) is 17.7 Å². The summed E-state index contributed by atoms with van der Waals surface area (Å²) >= 11 is 0. The van der Waals surface area contributed by atoms with Crippen molar-refractivity contribution in [2.24, 2.45) is 11.7 Å². The third-order valence-electron chi connectivity index (χ3n) is 4.72. The van der Waals surface area contributed by atoms with Crippen molar-refractivity contribution in [3.05, 3.63) is 59.8 Å². The molecular weight excluding hydrogens is 352 g/mol. The Balaban J connectivity index is 1.57. The van der Waals surface area contributed by atoms with Crippen molar-refractivity contribution in [3.63, 3.8) is 0 Å². The zero-order valence-electron chi connectivity index (χ0n) is 16.9. The van der Waals surface area contributed by atoms with Gasteiger partial charge in [0.1, 0.15) is 11.4 Å². The van der Waals surface area contributed by atoms with Crippen LogP contribution >= 0.6 is 0 Å². The van der Waals surface area contributed by atoms with E-state index in [2.05, 4.69) is 39.5 Å². The summed E-state index contributed by atoms with van der Waals surface area (Å²) in [7, 11) is 0. The zero-order chi connectivity index (χ0) is 20.1. The molecule has 3 N–H and O–H groups in total. The van der Waals surface area contributed by atoms with E-state index in [0.29, 0.717) is 11.7 Å². The Labute approximate surface area is 167 Å². The first-order valence-corrected chi connectivity index (χ1v) is 9.76. The van der Waals surface area contributed by atoms with Gasteiger partial charge in [0, 0.05) is 31.4 Å². The number of ether oxygens (including phenoxy) is 1. The van der Waals surface area contributed by atoms with Crippen molar-refractivity contribution < 1.29 is 9.53 Å². The molecule has 1 fully saturated rings. The maximum absolute atomic E-state index is 12.0. The Morgan fingerprint density at radius 2 is 1.93 bits per heavy atom. The summed E-state index contributed by atoms with van der Waals surface area (Å²) < 4.78 is 5.29. The number of carbonyl (C=O) groups excluding carboxylic acids is 1. The van der Waals surface area contributed by atoms with Crippen LogP contribution in [0.3, 0.4) is 0 Å². The fourth-order valence-electron chi connectivity index (χ4n) is 3.52. The molecule has 2 unspecified atom stereocenters. The highest BCUT2D eigenvalue weighted by Crippen LogP contribution is 2.22. The maximum atomic E-state index is 12.0. The molecule has 1 aromatic carbocycles. The number of aromatic nitrogens is 1. The number of nitrogens with one attached hydrogen (secondary N) is 1. The van der Waals surface area contributed by atoms with Crippen LogP contribution in [0.1, 0.15) is 32.0 Å². The van der Waals surface area contributed by atoms with Crippen LogP contribution in [0.2, 0.25) is 0 Å². The predicted molar refractivity (Wildman–Crippen MR) is 111 cm³/mol. The van der Waals surface area contributed by atoms with Gasteiger partial charge in [-0.05, 0) is 50.8 Å². The second-order valence-corrected chi connectivity index (χ2v) is 8.45. The molecule has 1 aliphatic heterocycles. The van der Waals surface area contributed by atoms with Crippen molar-refractivity contribution >= 4 is 11.9 Å². The minimum atomic E-state index is -0.541. The van der Waals surface area contributed by atoms with Gasteiger partial charge in [-0.15, -0.1) is 0 Å². The van der Waals surface area contributed by atoms with E-state index in [1.165, 1.54) is 5.56 Å². The number of pyridine rings is 1. The molecule has 2 heterocycles. The molecule has 2 atom stereocenters. The lowest BCUT2D eigenvalue weighted by atomic mass is 9.98. The first-order valence-electron chi connectivity index (χ1n) is 9.76. The summed E-state index contributed by atoms with van der Waals surface area (Å²) in [5.74, 6) is 0.840. The summed E-state index contributed by atoms with van der Waals surface area (Å²) in [6.45, 7) is 8.24. The summed E-state index contributed by atoms with van der Waals surface area (Å²) in [5, 5.41) is 2.70. The van der Waals surface area contributed by atoms with Gasteiger partial charge in [-0.2, -0.15) is 0 Å². The average Bonchev–Trinajstić information content (AvgIpc) is 2.93. The van der Waals surface area contributed by atoms with Crippen LogP contribution in [0.25, 0.3) is 0 Å². The predicted octanol–water partition coefficient (Wildman–Crippen LogP) is 3.43. The number of carbonyl (C=O) groups is 1. The molecule has 1 saturated heterocycles. The van der Waals surface area contributed by atoms with Gasteiger partial charge < -0.3 is 10.5 Å². The number of benzene rings is 1. The van der Waals surface area contributed by atoms with E-state index >= 15 is 0 Å². The molecule has 0 bridgehead atoms. The molecule has 0 saturated carbocycles. The molecule has 1 amide bonds. The highest BCUT2D eigenvalue weighted by molar-refractivity contribution is 5.83. The molecule has 0 radical (unpaired) electrons. The Bertz CT molecular complexity index is 789.